The number of aliphatic carboxylic acids is 1. The molecule has 1 atom stereocenters. The first-order chi connectivity index (χ1) is 9.16. The van der Waals surface area contributed by atoms with Crippen molar-refractivity contribution in [1.82, 2.24) is 4.90 Å². The van der Waals surface area contributed by atoms with Crippen molar-refractivity contribution in [3.8, 4) is 0 Å². The minimum absolute atomic E-state index is 0.00375. The molecule has 1 amide bonds. The number of carbonyl (C=O) groups is 2. The van der Waals surface area contributed by atoms with Crippen LogP contribution in [-0.4, -0.2) is 46.0 Å². The van der Waals surface area contributed by atoms with Gasteiger partial charge in [0.1, 0.15) is 6.04 Å². The molecule has 1 unspecified atom stereocenters. The number of rotatable bonds is 10. The molecule has 0 aromatic rings. The molecule has 0 radical (unpaired) electrons. The van der Waals surface area contributed by atoms with E-state index < -0.39 is 12.0 Å². The molecule has 0 aromatic heterocycles. The molecule has 1 fully saturated rings. The van der Waals surface area contributed by atoms with Crippen molar-refractivity contribution in [3.05, 3.63) is 0 Å². The van der Waals surface area contributed by atoms with Gasteiger partial charge < -0.3 is 10.0 Å². The van der Waals surface area contributed by atoms with Crippen LogP contribution in [0.15, 0.2) is 0 Å². The average Bonchev–Trinajstić information content (AvgIpc) is 2.74. The van der Waals surface area contributed by atoms with Gasteiger partial charge in [-0.2, -0.15) is 11.8 Å². The highest BCUT2D eigenvalue weighted by Crippen LogP contribution is 2.19. The van der Waals surface area contributed by atoms with E-state index in [1.807, 2.05) is 11.8 Å². The third-order valence-corrected chi connectivity index (χ3v) is 4.53. The van der Waals surface area contributed by atoms with Crippen LogP contribution < -0.4 is 0 Å². The minimum atomic E-state index is -0.865. The van der Waals surface area contributed by atoms with Crippen LogP contribution >= 0.6 is 11.8 Å². The lowest BCUT2D eigenvalue weighted by atomic mass is 10.2. The van der Waals surface area contributed by atoms with E-state index in [1.54, 1.807) is 0 Å². The van der Waals surface area contributed by atoms with Gasteiger partial charge in [-0.1, -0.05) is 32.6 Å². The first kappa shape index (κ1) is 16.3. The standard InChI is InChI=1S/C14H25NO3S/c1-2-3-4-5-6-10-19-11-9-15-12(14(17)18)7-8-13(15)16/h12H,2-11H2,1H3,(H,17,18). The predicted octanol–water partition coefficient (Wildman–Crippen LogP) is 2.77. The van der Waals surface area contributed by atoms with Crippen LogP contribution in [0.3, 0.4) is 0 Å². The van der Waals surface area contributed by atoms with Crippen molar-refractivity contribution in [1.29, 1.82) is 0 Å². The number of nitrogens with zero attached hydrogens (tertiary/aromatic N) is 1. The Labute approximate surface area is 119 Å². The lowest BCUT2D eigenvalue weighted by Gasteiger charge is -2.21. The Morgan fingerprint density at radius 1 is 1.32 bits per heavy atom. The summed E-state index contributed by atoms with van der Waals surface area (Å²) in [4.78, 5) is 24.1. The maximum atomic E-state index is 11.6. The normalized spacial score (nSPS) is 19.1. The molecular weight excluding hydrogens is 262 g/mol. The van der Waals surface area contributed by atoms with E-state index in [9.17, 15) is 9.59 Å². The summed E-state index contributed by atoms with van der Waals surface area (Å²) >= 11 is 1.83. The van der Waals surface area contributed by atoms with Gasteiger partial charge in [0.05, 0.1) is 0 Å². The van der Waals surface area contributed by atoms with Crippen molar-refractivity contribution in [3.63, 3.8) is 0 Å². The van der Waals surface area contributed by atoms with Crippen molar-refractivity contribution in [2.75, 3.05) is 18.1 Å². The Bertz CT molecular complexity index is 296. The van der Waals surface area contributed by atoms with Crippen LogP contribution in [0.25, 0.3) is 0 Å². The molecule has 1 rings (SSSR count). The number of carbonyl (C=O) groups excluding carboxylic acids is 1. The molecule has 0 bridgehead atoms. The zero-order chi connectivity index (χ0) is 14.1. The van der Waals surface area contributed by atoms with E-state index in [1.165, 1.54) is 37.0 Å². The zero-order valence-electron chi connectivity index (χ0n) is 11.8. The van der Waals surface area contributed by atoms with Gasteiger partial charge >= 0.3 is 5.97 Å². The number of carboxylic acids is 1. The first-order valence-corrected chi connectivity index (χ1v) is 8.42. The highest BCUT2D eigenvalue weighted by Gasteiger charge is 2.35. The van der Waals surface area contributed by atoms with Gasteiger partial charge in [0.25, 0.3) is 0 Å². The summed E-state index contributed by atoms with van der Waals surface area (Å²) in [6, 6.07) is -0.586. The van der Waals surface area contributed by atoms with Gasteiger partial charge in [0.15, 0.2) is 0 Å². The van der Waals surface area contributed by atoms with E-state index in [2.05, 4.69) is 6.92 Å². The van der Waals surface area contributed by atoms with Gasteiger partial charge in [0.2, 0.25) is 5.91 Å². The summed E-state index contributed by atoms with van der Waals surface area (Å²) in [7, 11) is 0. The monoisotopic (exact) mass is 287 g/mol. The van der Waals surface area contributed by atoms with Crippen LogP contribution in [0.5, 0.6) is 0 Å². The molecule has 1 aliphatic rings. The van der Waals surface area contributed by atoms with Gasteiger partial charge in [-0.05, 0) is 18.6 Å². The van der Waals surface area contributed by atoms with Gasteiger partial charge in [0, 0.05) is 18.7 Å². The van der Waals surface area contributed by atoms with E-state index in [4.69, 9.17) is 5.11 Å². The Hall–Kier alpha value is -0.710. The number of likely N-dealkylation sites (tertiary alicyclic amines) is 1. The fourth-order valence-electron chi connectivity index (χ4n) is 2.34. The fourth-order valence-corrected chi connectivity index (χ4v) is 3.28. The quantitative estimate of drug-likeness (QED) is 0.628. The second kappa shape index (κ2) is 9.23. The second-order valence-corrected chi connectivity index (χ2v) is 6.23. The third-order valence-electron chi connectivity index (χ3n) is 3.48. The molecule has 0 spiro atoms. The number of unbranched alkanes of at least 4 members (excludes halogenated alkanes) is 4. The number of thioether (sulfide) groups is 1. The molecule has 1 aliphatic heterocycles. The number of hydrogen-bond donors (Lipinski definition) is 1. The molecule has 1 heterocycles. The minimum Gasteiger partial charge on any atom is -0.480 e. The largest absolute Gasteiger partial charge is 0.480 e. The maximum Gasteiger partial charge on any atom is 0.326 e. The summed E-state index contributed by atoms with van der Waals surface area (Å²) in [6.45, 7) is 2.79. The Morgan fingerprint density at radius 2 is 2.05 bits per heavy atom. The molecule has 4 nitrogen and oxygen atoms in total. The summed E-state index contributed by atoms with van der Waals surface area (Å²) in [5, 5.41) is 9.02. The Kier molecular flexibility index (Phi) is 7.94. The molecule has 5 heteroatoms. The molecule has 0 saturated carbocycles. The summed E-state index contributed by atoms with van der Waals surface area (Å²) < 4.78 is 0. The van der Waals surface area contributed by atoms with Crippen LogP contribution in [0.4, 0.5) is 0 Å². The molecule has 1 saturated heterocycles. The lowest BCUT2D eigenvalue weighted by Crippen LogP contribution is -2.39. The van der Waals surface area contributed by atoms with Crippen molar-refractivity contribution < 1.29 is 14.7 Å². The number of hydrogen-bond acceptors (Lipinski definition) is 3. The molecule has 0 aliphatic carbocycles. The van der Waals surface area contributed by atoms with Crippen LogP contribution in [0.2, 0.25) is 0 Å². The summed E-state index contributed by atoms with van der Waals surface area (Å²) in [5.41, 5.74) is 0. The SMILES string of the molecule is CCCCCCCSCCN1C(=O)CCC1C(=O)O. The lowest BCUT2D eigenvalue weighted by molar-refractivity contribution is -0.146. The van der Waals surface area contributed by atoms with Crippen LogP contribution in [0.1, 0.15) is 51.9 Å². The van der Waals surface area contributed by atoms with Crippen LogP contribution in [-0.2, 0) is 9.59 Å². The number of carboxylic acid groups (broad SMARTS) is 1. The average molecular weight is 287 g/mol. The van der Waals surface area contributed by atoms with E-state index in [-0.39, 0.29) is 5.91 Å². The molecule has 0 aromatic carbocycles. The van der Waals surface area contributed by atoms with E-state index >= 15 is 0 Å². The molecule has 110 valence electrons. The van der Waals surface area contributed by atoms with Gasteiger partial charge in [-0.25, -0.2) is 4.79 Å². The maximum absolute atomic E-state index is 11.6. The summed E-state index contributed by atoms with van der Waals surface area (Å²) in [5.74, 6) is 1.10. The smallest absolute Gasteiger partial charge is 0.326 e. The fraction of sp³-hybridized carbons (Fsp3) is 0.857. The van der Waals surface area contributed by atoms with Gasteiger partial charge in [-0.15, -0.1) is 0 Å². The zero-order valence-corrected chi connectivity index (χ0v) is 12.6. The first-order valence-electron chi connectivity index (χ1n) is 7.26. The molecule has 19 heavy (non-hydrogen) atoms. The Balaban J connectivity index is 2.08. The molecular formula is C14H25NO3S. The highest BCUT2D eigenvalue weighted by atomic mass is 32.2. The Morgan fingerprint density at radius 3 is 2.74 bits per heavy atom. The predicted molar refractivity (Wildman–Crippen MR) is 78.5 cm³/mol. The van der Waals surface area contributed by atoms with Crippen molar-refractivity contribution in [2.45, 2.75) is 57.9 Å². The highest BCUT2D eigenvalue weighted by molar-refractivity contribution is 7.99. The van der Waals surface area contributed by atoms with Crippen molar-refractivity contribution >= 4 is 23.6 Å². The van der Waals surface area contributed by atoms with E-state index in [0.717, 1.165) is 11.5 Å². The second-order valence-electron chi connectivity index (χ2n) is 5.01. The molecule has 1 N–H and O–H groups in total. The number of amides is 1. The topological polar surface area (TPSA) is 57.6 Å². The van der Waals surface area contributed by atoms with Crippen molar-refractivity contribution in [2.24, 2.45) is 0 Å². The third kappa shape index (κ3) is 5.85. The summed E-state index contributed by atoms with van der Waals surface area (Å²) in [6.07, 6.45) is 7.24. The van der Waals surface area contributed by atoms with Gasteiger partial charge in [-0.3, -0.25) is 4.79 Å². The van der Waals surface area contributed by atoms with Crippen LogP contribution in [0, 0.1) is 0 Å². The van der Waals surface area contributed by atoms with E-state index in [0.29, 0.717) is 19.4 Å².